The number of rotatable bonds is 5. The Morgan fingerprint density at radius 1 is 1.11 bits per heavy atom. The Hall–Kier alpha value is -2.86. The number of carbonyl (C=O) groups is 1. The zero-order valence-electron chi connectivity index (χ0n) is 15.8. The number of carbonyl (C=O) groups excluding carboxylic acids is 1. The zero-order valence-corrected chi connectivity index (χ0v) is 15.8. The number of amides is 1. The molecule has 3 aromatic rings. The van der Waals surface area contributed by atoms with Crippen LogP contribution in [0.5, 0.6) is 0 Å². The molecule has 2 saturated heterocycles. The molecule has 144 valence electrons. The van der Waals surface area contributed by atoms with Crippen molar-refractivity contribution in [3.8, 4) is 0 Å². The molecular formula is C22H24N4O2. The van der Waals surface area contributed by atoms with E-state index >= 15 is 0 Å². The van der Waals surface area contributed by atoms with Crippen molar-refractivity contribution >= 4 is 5.91 Å². The maximum atomic E-state index is 13.0. The van der Waals surface area contributed by atoms with Crippen molar-refractivity contribution in [1.29, 1.82) is 0 Å². The number of fused-ring (bicyclic) bond motifs is 1. The molecule has 0 radical (unpaired) electrons. The van der Waals surface area contributed by atoms with Crippen LogP contribution < -0.4 is 0 Å². The molecule has 1 amide bonds. The summed E-state index contributed by atoms with van der Waals surface area (Å²) in [6, 6.07) is 14.7. The normalized spacial score (nSPS) is 21.9. The van der Waals surface area contributed by atoms with Gasteiger partial charge in [0, 0.05) is 44.6 Å². The second-order valence-electron chi connectivity index (χ2n) is 7.78. The highest BCUT2D eigenvalue weighted by molar-refractivity contribution is 5.91. The van der Waals surface area contributed by atoms with Crippen LogP contribution in [-0.2, 0) is 13.1 Å². The molecule has 4 heterocycles. The van der Waals surface area contributed by atoms with Gasteiger partial charge >= 0.3 is 0 Å². The van der Waals surface area contributed by atoms with Crippen LogP contribution in [0.4, 0.5) is 0 Å². The van der Waals surface area contributed by atoms with Gasteiger partial charge in [0.25, 0.3) is 5.91 Å². The van der Waals surface area contributed by atoms with Gasteiger partial charge in [-0.3, -0.25) is 9.69 Å². The van der Waals surface area contributed by atoms with Crippen molar-refractivity contribution in [3.63, 3.8) is 0 Å². The average molecular weight is 376 g/mol. The van der Waals surface area contributed by atoms with Crippen LogP contribution in [0.2, 0.25) is 0 Å². The van der Waals surface area contributed by atoms with Crippen molar-refractivity contribution in [2.24, 2.45) is 5.92 Å². The van der Waals surface area contributed by atoms with E-state index in [-0.39, 0.29) is 5.91 Å². The third kappa shape index (κ3) is 3.36. The van der Waals surface area contributed by atoms with Gasteiger partial charge in [0.05, 0.1) is 12.9 Å². The standard InChI is InChI=1S/C22H24N4O2/c27-22(21-7-6-19(28-21)14-24-11-9-23-16-24)25-10-8-18-13-26(20(18)15-25)12-17-4-2-1-3-5-17/h1-7,9,11,16,18,20H,8,10,12-15H2/t18-,20-/m1/s1. The van der Waals surface area contributed by atoms with Crippen LogP contribution in [-0.4, -0.2) is 50.9 Å². The van der Waals surface area contributed by atoms with Gasteiger partial charge in [-0.25, -0.2) is 4.98 Å². The fourth-order valence-electron chi connectivity index (χ4n) is 4.38. The molecule has 2 atom stereocenters. The first kappa shape index (κ1) is 17.3. The second-order valence-corrected chi connectivity index (χ2v) is 7.78. The van der Waals surface area contributed by atoms with Gasteiger partial charge in [-0.1, -0.05) is 30.3 Å². The van der Waals surface area contributed by atoms with E-state index in [4.69, 9.17) is 4.42 Å². The molecule has 5 rings (SSSR count). The minimum atomic E-state index is 0.00175. The van der Waals surface area contributed by atoms with Gasteiger partial charge in [-0.2, -0.15) is 0 Å². The number of benzene rings is 1. The van der Waals surface area contributed by atoms with Crippen molar-refractivity contribution in [2.45, 2.75) is 25.6 Å². The van der Waals surface area contributed by atoms with Crippen LogP contribution in [0, 0.1) is 5.92 Å². The summed E-state index contributed by atoms with van der Waals surface area (Å²) >= 11 is 0. The van der Waals surface area contributed by atoms with Crippen molar-refractivity contribution in [2.75, 3.05) is 19.6 Å². The predicted molar refractivity (Wildman–Crippen MR) is 105 cm³/mol. The predicted octanol–water partition coefficient (Wildman–Crippen LogP) is 2.87. The van der Waals surface area contributed by atoms with Crippen molar-refractivity contribution in [1.82, 2.24) is 19.4 Å². The van der Waals surface area contributed by atoms with Crippen LogP contribution >= 0.6 is 0 Å². The van der Waals surface area contributed by atoms with Crippen LogP contribution in [0.1, 0.15) is 28.3 Å². The van der Waals surface area contributed by atoms with E-state index in [0.29, 0.717) is 24.3 Å². The minimum absolute atomic E-state index is 0.00175. The molecule has 0 unspecified atom stereocenters. The van der Waals surface area contributed by atoms with E-state index in [9.17, 15) is 4.79 Å². The number of aromatic nitrogens is 2. The van der Waals surface area contributed by atoms with Crippen LogP contribution in [0.25, 0.3) is 0 Å². The lowest BCUT2D eigenvalue weighted by molar-refractivity contribution is -0.0433. The fourth-order valence-corrected chi connectivity index (χ4v) is 4.38. The summed E-state index contributed by atoms with van der Waals surface area (Å²) in [5, 5.41) is 0. The topological polar surface area (TPSA) is 54.5 Å². The monoisotopic (exact) mass is 376 g/mol. The molecule has 0 bridgehead atoms. The minimum Gasteiger partial charge on any atom is -0.454 e. The third-order valence-electron chi connectivity index (χ3n) is 5.95. The smallest absolute Gasteiger partial charge is 0.289 e. The van der Waals surface area contributed by atoms with Gasteiger partial charge in [0.2, 0.25) is 0 Å². The Labute approximate surface area is 164 Å². The highest BCUT2D eigenvalue weighted by Crippen LogP contribution is 2.34. The summed E-state index contributed by atoms with van der Waals surface area (Å²) in [6.07, 6.45) is 6.43. The molecule has 0 aliphatic carbocycles. The number of piperidine rings is 1. The quantitative estimate of drug-likeness (QED) is 0.687. The SMILES string of the molecule is O=C(c1ccc(Cn2ccnc2)o1)N1CC[C@@H]2CN(Cc3ccccc3)[C@@H]2C1. The van der Waals surface area contributed by atoms with E-state index in [2.05, 4.69) is 34.1 Å². The molecule has 6 heteroatoms. The number of nitrogens with zero attached hydrogens (tertiary/aromatic N) is 4. The average Bonchev–Trinajstić information content (AvgIpc) is 3.39. The maximum absolute atomic E-state index is 13.0. The largest absolute Gasteiger partial charge is 0.454 e. The lowest BCUT2D eigenvalue weighted by Crippen LogP contribution is -2.64. The first-order valence-corrected chi connectivity index (χ1v) is 9.88. The molecule has 6 nitrogen and oxygen atoms in total. The summed E-state index contributed by atoms with van der Waals surface area (Å²) in [4.78, 5) is 21.4. The van der Waals surface area contributed by atoms with E-state index in [0.717, 1.165) is 38.4 Å². The Morgan fingerprint density at radius 2 is 2.00 bits per heavy atom. The molecule has 2 aliphatic rings. The van der Waals surface area contributed by atoms with Crippen molar-refractivity contribution < 1.29 is 9.21 Å². The third-order valence-corrected chi connectivity index (χ3v) is 5.95. The van der Waals surface area contributed by atoms with E-state index in [1.807, 2.05) is 27.8 Å². The first-order valence-electron chi connectivity index (χ1n) is 9.88. The van der Waals surface area contributed by atoms with E-state index < -0.39 is 0 Å². The second kappa shape index (κ2) is 7.28. The molecule has 0 N–H and O–H groups in total. The van der Waals surface area contributed by atoms with Gasteiger partial charge in [0.1, 0.15) is 5.76 Å². The number of imidazole rings is 1. The summed E-state index contributed by atoms with van der Waals surface area (Å²) in [5.41, 5.74) is 1.33. The first-order chi connectivity index (χ1) is 13.8. The van der Waals surface area contributed by atoms with Gasteiger partial charge < -0.3 is 13.9 Å². The fraction of sp³-hybridized carbons (Fsp3) is 0.364. The number of hydrogen-bond acceptors (Lipinski definition) is 4. The molecule has 0 spiro atoms. The van der Waals surface area contributed by atoms with Gasteiger partial charge in [0.15, 0.2) is 5.76 Å². The summed E-state index contributed by atoms with van der Waals surface area (Å²) < 4.78 is 7.75. The Kier molecular flexibility index (Phi) is 4.49. The lowest BCUT2D eigenvalue weighted by atomic mass is 9.82. The molecular weight excluding hydrogens is 352 g/mol. The number of hydrogen-bond donors (Lipinski definition) is 0. The van der Waals surface area contributed by atoms with Gasteiger partial charge in [-0.15, -0.1) is 0 Å². The Balaban J connectivity index is 1.22. The summed E-state index contributed by atoms with van der Waals surface area (Å²) in [5.74, 6) is 1.91. The van der Waals surface area contributed by atoms with Crippen LogP contribution in [0.3, 0.4) is 0 Å². The number of likely N-dealkylation sites (tertiary alicyclic amines) is 2. The van der Waals surface area contributed by atoms with Crippen molar-refractivity contribution in [3.05, 3.63) is 78.3 Å². The zero-order chi connectivity index (χ0) is 18.9. The molecule has 2 aromatic heterocycles. The maximum Gasteiger partial charge on any atom is 0.289 e. The Morgan fingerprint density at radius 3 is 2.82 bits per heavy atom. The highest BCUT2D eigenvalue weighted by atomic mass is 16.4. The van der Waals surface area contributed by atoms with Gasteiger partial charge in [-0.05, 0) is 30.0 Å². The van der Waals surface area contributed by atoms with E-state index in [1.54, 1.807) is 18.6 Å². The summed E-state index contributed by atoms with van der Waals surface area (Å²) in [6.45, 7) is 4.28. The van der Waals surface area contributed by atoms with Crippen LogP contribution in [0.15, 0.2) is 65.6 Å². The molecule has 2 fully saturated rings. The Bertz CT molecular complexity index is 935. The molecule has 1 aromatic carbocycles. The number of furan rings is 1. The molecule has 0 saturated carbocycles. The lowest BCUT2D eigenvalue weighted by Gasteiger charge is -2.53. The summed E-state index contributed by atoms with van der Waals surface area (Å²) in [7, 11) is 0. The molecule has 28 heavy (non-hydrogen) atoms. The highest BCUT2D eigenvalue weighted by Gasteiger charge is 2.43. The van der Waals surface area contributed by atoms with E-state index in [1.165, 1.54) is 5.56 Å². The molecule has 2 aliphatic heterocycles.